The van der Waals surface area contributed by atoms with Gasteiger partial charge in [-0.3, -0.25) is 0 Å². The van der Waals surface area contributed by atoms with E-state index in [1.807, 2.05) is 24.3 Å². The van der Waals surface area contributed by atoms with Crippen LogP contribution in [0.25, 0.3) is 0 Å². The Bertz CT molecular complexity index is 523. The fraction of sp³-hybridized carbons (Fsp3) is 0.214. The van der Waals surface area contributed by atoms with Gasteiger partial charge in [-0.05, 0) is 18.2 Å². The molecule has 0 radical (unpaired) electrons. The maximum Gasteiger partial charge on any atom is 0.319 e. The molecule has 0 unspecified atom stereocenters. The summed E-state index contributed by atoms with van der Waals surface area (Å²) < 4.78 is 10.2. The number of benzene rings is 1. The van der Waals surface area contributed by atoms with E-state index in [1.165, 1.54) is 0 Å². The molecule has 0 fully saturated rings. The van der Waals surface area contributed by atoms with Crippen LogP contribution in [0.1, 0.15) is 11.3 Å². The minimum absolute atomic E-state index is 0.278. The van der Waals surface area contributed by atoms with Crippen molar-refractivity contribution in [1.29, 1.82) is 0 Å². The molecule has 0 bridgehead atoms. The highest BCUT2D eigenvalue weighted by atomic mass is 16.5. The number of nitrogens with one attached hydrogen (secondary N) is 2. The summed E-state index contributed by atoms with van der Waals surface area (Å²) in [5.74, 6) is 0.709. The number of hydrogen-bond acceptors (Lipinski definition) is 3. The van der Waals surface area contributed by atoms with Gasteiger partial charge in [0, 0.05) is 18.4 Å². The minimum Gasteiger partial charge on any atom is -0.467 e. The summed E-state index contributed by atoms with van der Waals surface area (Å²) >= 11 is 0. The predicted molar refractivity (Wildman–Crippen MR) is 71.7 cm³/mol. The van der Waals surface area contributed by atoms with E-state index in [9.17, 15) is 4.79 Å². The molecule has 0 saturated heterocycles. The number of amides is 2. The number of urea groups is 1. The Morgan fingerprint density at radius 1 is 1.26 bits per heavy atom. The molecule has 5 heteroatoms. The Labute approximate surface area is 111 Å². The molecule has 2 amide bonds. The standard InChI is InChI=1S/C14H16N2O3/c1-18-10-11-5-2-3-7-13(11)16-14(17)15-9-12-6-4-8-19-12/h2-8H,9-10H2,1H3,(H2,15,16,17). The monoisotopic (exact) mass is 260 g/mol. The van der Waals surface area contributed by atoms with Gasteiger partial charge in [0.15, 0.2) is 0 Å². The summed E-state index contributed by atoms with van der Waals surface area (Å²) in [5.41, 5.74) is 1.67. The SMILES string of the molecule is COCc1ccccc1NC(=O)NCc1ccco1. The van der Waals surface area contributed by atoms with Gasteiger partial charge in [0.1, 0.15) is 5.76 Å². The molecule has 1 aromatic carbocycles. The Kier molecular flexibility index (Phi) is 4.58. The second-order valence-electron chi connectivity index (χ2n) is 3.98. The fourth-order valence-electron chi connectivity index (χ4n) is 1.67. The lowest BCUT2D eigenvalue weighted by Gasteiger charge is -2.10. The van der Waals surface area contributed by atoms with Crippen LogP contribution >= 0.6 is 0 Å². The van der Waals surface area contributed by atoms with E-state index >= 15 is 0 Å². The summed E-state index contributed by atoms with van der Waals surface area (Å²) in [4.78, 5) is 11.8. The van der Waals surface area contributed by atoms with Crippen molar-refractivity contribution in [1.82, 2.24) is 5.32 Å². The molecule has 0 saturated carbocycles. The molecule has 1 aromatic heterocycles. The summed E-state index contributed by atoms with van der Waals surface area (Å²) in [7, 11) is 1.62. The lowest BCUT2D eigenvalue weighted by atomic mass is 10.2. The van der Waals surface area contributed by atoms with E-state index in [0.717, 1.165) is 11.3 Å². The third kappa shape index (κ3) is 3.86. The number of hydrogen-bond donors (Lipinski definition) is 2. The lowest BCUT2D eigenvalue weighted by Crippen LogP contribution is -2.28. The second kappa shape index (κ2) is 6.61. The molecular formula is C14H16N2O3. The topological polar surface area (TPSA) is 63.5 Å². The summed E-state index contributed by atoms with van der Waals surface area (Å²) in [6.07, 6.45) is 1.57. The van der Waals surface area contributed by atoms with Gasteiger partial charge < -0.3 is 19.8 Å². The van der Waals surface area contributed by atoms with Crippen molar-refractivity contribution in [3.8, 4) is 0 Å². The first-order chi connectivity index (χ1) is 9.29. The van der Waals surface area contributed by atoms with E-state index in [0.29, 0.717) is 18.9 Å². The largest absolute Gasteiger partial charge is 0.467 e. The summed E-state index contributed by atoms with van der Waals surface area (Å²) in [5, 5.41) is 5.50. The fourth-order valence-corrected chi connectivity index (χ4v) is 1.67. The third-order valence-electron chi connectivity index (χ3n) is 2.57. The van der Waals surface area contributed by atoms with Crippen molar-refractivity contribution in [3.05, 3.63) is 54.0 Å². The van der Waals surface area contributed by atoms with Crippen molar-refractivity contribution in [3.63, 3.8) is 0 Å². The van der Waals surface area contributed by atoms with Crippen molar-refractivity contribution < 1.29 is 13.9 Å². The number of carbonyl (C=O) groups is 1. The molecule has 1 heterocycles. The highest BCUT2D eigenvalue weighted by Gasteiger charge is 2.06. The van der Waals surface area contributed by atoms with Crippen LogP contribution in [0.5, 0.6) is 0 Å². The maximum absolute atomic E-state index is 11.8. The van der Waals surface area contributed by atoms with Gasteiger partial charge in [-0.25, -0.2) is 4.79 Å². The lowest BCUT2D eigenvalue weighted by molar-refractivity contribution is 0.185. The van der Waals surface area contributed by atoms with Crippen molar-refractivity contribution in [2.45, 2.75) is 13.2 Å². The zero-order valence-corrected chi connectivity index (χ0v) is 10.7. The van der Waals surface area contributed by atoms with E-state index in [4.69, 9.17) is 9.15 Å². The smallest absolute Gasteiger partial charge is 0.319 e. The van der Waals surface area contributed by atoms with E-state index in [1.54, 1.807) is 25.5 Å². The predicted octanol–water partition coefficient (Wildman–Crippen LogP) is 2.75. The molecule has 2 rings (SSSR count). The first kappa shape index (κ1) is 13.2. The highest BCUT2D eigenvalue weighted by molar-refractivity contribution is 5.89. The molecule has 0 aliphatic heterocycles. The minimum atomic E-state index is -0.278. The number of furan rings is 1. The van der Waals surface area contributed by atoms with Crippen LogP contribution in [0.2, 0.25) is 0 Å². The van der Waals surface area contributed by atoms with Crippen LogP contribution in [-0.2, 0) is 17.9 Å². The highest BCUT2D eigenvalue weighted by Crippen LogP contribution is 2.15. The first-order valence-corrected chi connectivity index (χ1v) is 5.93. The molecule has 2 aromatic rings. The Morgan fingerprint density at radius 3 is 2.84 bits per heavy atom. The number of carbonyl (C=O) groups excluding carboxylic acids is 1. The number of anilines is 1. The summed E-state index contributed by atoms with van der Waals surface area (Å²) in [6, 6.07) is 10.8. The van der Waals surface area contributed by atoms with Gasteiger partial charge in [0.25, 0.3) is 0 Å². The number of rotatable bonds is 5. The van der Waals surface area contributed by atoms with Crippen molar-refractivity contribution in [2.24, 2.45) is 0 Å². The Hall–Kier alpha value is -2.27. The van der Waals surface area contributed by atoms with Crippen LogP contribution in [0.15, 0.2) is 47.1 Å². The molecule has 19 heavy (non-hydrogen) atoms. The molecule has 0 spiro atoms. The van der Waals surface area contributed by atoms with Gasteiger partial charge >= 0.3 is 6.03 Å². The number of ether oxygens (including phenoxy) is 1. The molecule has 5 nitrogen and oxygen atoms in total. The first-order valence-electron chi connectivity index (χ1n) is 5.93. The van der Waals surface area contributed by atoms with Crippen molar-refractivity contribution in [2.75, 3.05) is 12.4 Å². The summed E-state index contributed by atoms with van der Waals surface area (Å²) in [6.45, 7) is 0.805. The molecular weight excluding hydrogens is 244 g/mol. The normalized spacial score (nSPS) is 10.2. The number of para-hydroxylation sites is 1. The van der Waals surface area contributed by atoms with Gasteiger partial charge in [0.2, 0.25) is 0 Å². The zero-order chi connectivity index (χ0) is 13.5. The average molecular weight is 260 g/mol. The molecule has 0 aliphatic rings. The van der Waals surface area contributed by atoms with E-state index < -0.39 is 0 Å². The second-order valence-corrected chi connectivity index (χ2v) is 3.98. The van der Waals surface area contributed by atoms with Crippen LogP contribution in [-0.4, -0.2) is 13.1 Å². The molecule has 0 aliphatic carbocycles. The van der Waals surface area contributed by atoms with Crippen LogP contribution in [0.4, 0.5) is 10.5 Å². The van der Waals surface area contributed by atoms with E-state index in [2.05, 4.69) is 10.6 Å². The van der Waals surface area contributed by atoms with Crippen LogP contribution < -0.4 is 10.6 Å². The van der Waals surface area contributed by atoms with Crippen LogP contribution in [0, 0.1) is 0 Å². The van der Waals surface area contributed by atoms with Gasteiger partial charge in [-0.15, -0.1) is 0 Å². The van der Waals surface area contributed by atoms with Gasteiger partial charge in [-0.2, -0.15) is 0 Å². The van der Waals surface area contributed by atoms with Crippen LogP contribution in [0.3, 0.4) is 0 Å². The molecule has 100 valence electrons. The van der Waals surface area contributed by atoms with E-state index in [-0.39, 0.29) is 6.03 Å². The quantitative estimate of drug-likeness (QED) is 0.868. The number of methoxy groups -OCH3 is 1. The molecule has 2 N–H and O–H groups in total. The van der Waals surface area contributed by atoms with Gasteiger partial charge in [0.05, 0.1) is 19.4 Å². The Morgan fingerprint density at radius 2 is 2.11 bits per heavy atom. The van der Waals surface area contributed by atoms with Gasteiger partial charge in [-0.1, -0.05) is 18.2 Å². The molecule has 0 atom stereocenters. The average Bonchev–Trinajstić information content (AvgIpc) is 2.92. The maximum atomic E-state index is 11.8. The van der Waals surface area contributed by atoms with Crippen molar-refractivity contribution >= 4 is 11.7 Å². The Balaban J connectivity index is 1.91. The zero-order valence-electron chi connectivity index (χ0n) is 10.7. The third-order valence-corrected chi connectivity index (χ3v) is 2.57.